The summed E-state index contributed by atoms with van der Waals surface area (Å²) in [5.41, 5.74) is 11.8. The van der Waals surface area contributed by atoms with Crippen LogP contribution in [0.1, 0.15) is 16.7 Å². The summed E-state index contributed by atoms with van der Waals surface area (Å²) >= 11 is 0. The third-order valence-corrected chi connectivity index (χ3v) is 3.35. The molecule has 0 aromatic heterocycles. The predicted molar refractivity (Wildman–Crippen MR) is 78.9 cm³/mol. The lowest BCUT2D eigenvalue weighted by atomic mass is 10.0. The van der Waals surface area contributed by atoms with E-state index in [-0.39, 0.29) is 0 Å². The average molecular weight is 240 g/mol. The molecule has 94 valence electrons. The molecule has 18 heavy (non-hydrogen) atoms. The monoisotopic (exact) mass is 240 g/mol. The Morgan fingerprint density at radius 2 is 1.61 bits per heavy atom. The van der Waals surface area contributed by atoms with Crippen molar-refractivity contribution in [3.8, 4) is 0 Å². The van der Waals surface area contributed by atoms with Crippen molar-refractivity contribution in [2.24, 2.45) is 0 Å². The van der Waals surface area contributed by atoms with Gasteiger partial charge in [0, 0.05) is 25.0 Å². The van der Waals surface area contributed by atoms with Crippen molar-refractivity contribution in [1.82, 2.24) is 0 Å². The fraction of sp³-hybridized carbons (Fsp3) is 0.250. The Balaban J connectivity index is 2.24. The van der Waals surface area contributed by atoms with Crippen LogP contribution < -0.4 is 10.6 Å². The number of hydrogen-bond acceptors (Lipinski definition) is 2. The third kappa shape index (κ3) is 2.65. The number of aryl methyl sites for hydroxylation is 2. The molecule has 0 aliphatic heterocycles. The van der Waals surface area contributed by atoms with E-state index in [0.717, 1.165) is 17.9 Å². The molecule has 2 rings (SSSR count). The highest BCUT2D eigenvalue weighted by Gasteiger charge is 2.06. The van der Waals surface area contributed by atoms with E-state index < -0.39 is 0 Å². The fourth-order valence-corrected chi connectivity index (χ4v) is 2.19. The number of nitrogens with two attached hydrogens (primary N) is 1. The van der Waals surface area contributed by atoms with Gasteiger partial charge in [0.05, 0.1) is 0 Å². The van der Waals surface area contributed by atoms with Gasteiger partial charge >= 0.3 is 0 Å². The van der Waals surface area contributed by atoms with Crippen molar-refractivity contribution < 1.29 is 0 Å². The maximum atomic E-state index is 5.82. The van der Waals surface area contributed by atoms with Gasteiger partial charge in [-0.1, -0.05) is 24.3 Å². The zero-order valence-electron chi connectivity index (χ0n) is 11.3. The van der Waals surface area contributed by atoms with Gasteiger partial charge in [0.1, 0.15) is 0 Å². The first-order valence-corrected chi connectivity index (χ1v) is 6.19. The summed E-state index contributed by atoms with van der Waals surface area (Å²) in [6, 6.07) is 14.4. The molecule has 2 heteroatoms. The molecule has 0 fully saturated rings. The average Bonchev–Trinajstić information content (AvgIpc) is 2.34. The van der Waals surface area contributed by atoms with Crippen LogP contribution in [-0.2, 0) is 6.54 Å². The second kappa shape index (κ2) is 5.13. The highest BCUT2D eigenvalue weighted by molar-refractivity contribution is 5.56. The number of anilines is 2. The Kier molecular flexibility index (Phi) is 3.56. The van der Waals surface area contributed by atoms with Crippen LogP contribution in [0.15, 0.2) is 42.5 Å². The zero-order chi connectivity index (χ0) is 13.1. The van der Waals surface area contributed by atoms with Crippen molar-refractivity contribution in [3.63, 3.8) is 0 Å². The van der Waals surface area contributed by atoms with Gasteiger partial charge in [-0.2, -0.15) is 0 Å². The third-order valence-electron chi connectivity index (χ3n) is 3.35. The summed E-state index contributed by atoms with van der Waals surface area (Å²) in [5.74, 6) is 0. The summed E-state index contributed by atoms with van der Waals surface area (Å²) in [6.45, 7) is 5.23. The Labute approximate surface area is 109 Å². The van der Waals surface area contributed by atoms with Crippen molar-refractivity contribution in [1.29, 1.82) is 0 Å². The van der Waals surface area contributed by atoms with Crippen LogP contribution in [-0.4, -0.2) is 7.05 Å². The Bertz CT molecular complexity index is 526. The summed E-state index contributed by atoms with van der Waals surface area (Å²) < 4.78 is 0. The van der Waals surface area contributed by atoms with Gasteiger partial charge in [-0.15, -0.1) is 0 Å². The minimum absolute atomic E-state index is 0.806. The van der Waals surface area contributed by atoms with Crippen molar-refractivity contribution >= 4 is 11.4 Å². The zero-order valence-corrected chi connectivity index (χ0v) is 11.3. The molecule has 0 saturated heterocycles. The maximum Gasteiger partial charge on any atom is 0.0431 e. The van der Waals surface area contributed by atoms with Crippen molar-refractivity contribution in [3.05, 3.63) is 59.2 Å². The summed E-state index contributed by atoms with van der Waals surface area (Å²) in [6.07, 6.45) is 0. The highest BCUT2D eigenvalue weighted by Crippen LogP contribution is 2.21. The molecular formula is C16H20N2. The summed E-state index contributed by atoms with van der Waals surface area (Å²) in [5, 5.41) is 0. The van der Waals surface area contributed by atoms with E-state index in [1.807, 2.05) is 18.2 Å². The Hall–Kier alpha value is -1.96. The van der Waals surface area contributed by atoms with Crippen molar-refractivity contribution in [2.45, 2.75) is 20.4 Å². The first-order valence-electron chi connectivity index (χ1n) is 6.19. The second-order valence-electron chi connectivity index (χ2n) is 4.82. The first-order chi connectivity index (χ1) is 8.58. The molecule has 2 aromatic carbocycles. The molecule has 0 spiro atoms. The minimum atomic E-state index is 0.806. The van der Waals surface area contributed by atoms with Crippen LogP contribution >= 0.6 is 0 Å². The van der Waals surface area contributed by atoms with Gasteiger partial charge < -0.3 is 10.6 Å². The van der Waals surface area contributed by atoms with Gasteiger partial charge in [-0.3, -0.25) is 0 Å². The SMILES string of the molecule is Cc1cccc(C)c1CN(C)c1cccc(N)c1. The number of benzene rings is 2. The molecule has 0 aliphatic carbocycles. The number of nitrogen functional groups attached to an aromatic ring is 1. The topological polar surface area (TPSA) is 29.3 Å². The maximum absolute atomic E-state index is 5.82. The number of nitrogens with zero attached hydrogens (tertiary/aromatic N) is 1. The van der Waals surface area contributed by atoms with Gasteiger partial charge in [-0.25, -0.2) is 0 Å². The molecule has 0 bridgehead atoms. The molecule has 2 aromatic rings. The normalized spacial score (nSPS) is 10.4. The standard InChI is InChI=1S/C16H20N2/c1-12-6-4-7-13(2)16(12)11-18(3)15-9-5-8-14(17)10-15/h4-10H,11,17H2,1-3H3. The van der Waals surface area contributed by atoms with Crippen LogP contribution in [0.25, 0.3) is 0 Å². The minimum Gasteiger partial charge on any atom is -0.399 e. The van der Waals surface area contributed by atoms with E-state index in [0.29, 0.717) is 0 Å². The van der Waals surface area contributed by atoms with Crippen LogP contribution in [0, 0.1) is 13.8 Å². The molecule has 0 amide bonds. The van der Waals surface area contributed by atoms with E-state index in [4.69, 9.17) is 5.73 Å². The quantitative estimate of drug-likeness (QED) is 0.832. The molecule has 2 N–H and O–H groups in total. The van der Waals surface area contributed by atoms with Gasteiger partial charge in [0.25, 0.3) is 0 Å². The van der Waals surface area contributed by atoms with Gasteiger partial charge in [0.15, 0.2) is 0 Å². The lowest BCUT2D eigenvalue weighted by Gasteiger charge is -2.22. The van der Waals surface area contributed by atoms with Crippen LogP contribution in [0.4, 0.5) is 11.4 Å². The van der Waals surface area contributed by atoms with E-state index in [2.05, 4.69) is 50.1 Å². The van der Waals surface area contributed by atoms with Crippen molar-refractivity contribution in [2.75, 3.05) is 17.7 Å². The van der Waals surface area contributed by atoms with E-state index in [1.165, 1.54) is 16.7 Å². The summed E-state index contributed by atoms with van der Waals surface area (Å²) in [4.78, 5) is 2.23. The van der Waals surface area contributed by atoms with Crippen LogP contribution in [0.2, 0.25) is 0 Å². The molecule has 0 atom stereocenters. The summed E-state index contributed by atoms with van der Waals surface area (Å²) in [7, 11) is 2.10. The molecule has 0 unspecified atom stereocenters. The Morgan fingerprint density at radius 1 is 1.00 bits per heavy atom. The van der Waals surface area contributed by atoms with E-state index in [1.54, 1.807) is 0 Å². The van der Waals surface area contributed by atoms with Gasteiger partial charge in [-0.05, 0) is 48.7 Å². The molecule has 0 radical (unpaired) electrons. The molecule has 0 heterocycles. The van der Waals surface area contributed by atoms with E-state index in [9.17, 15) is 0 Å². The highest BCUT2D eigenvalue weighted by atomic mass is 15.1. The lowest BCUT2D eigenvalue weighted by Crippen LogP contribution is -2.18. The smallest absolute Gasteiger partial charge is 0.0431 e. The molecule has 0 aliphatic rings. The lowest BCUT2D eigenvalue weighted by molar-refractivity contribution is 0.905. The first kappa shape index (κ1) is 12.5. The van der Waals surface area contributed by atoms with Crippen LogP contribution in [0.3, 0.4) is 0 Å². The largest absolute Gasteiger partial charge is 0.399 e. The second-order valence-corrected chi connectivity index (χ2v) is 4.82. The Morgan fingerprint density at radius 3 is 2.22 bits per heavy atom. The predicted octanol–water partition coefficient (Wildman–Crippen LogP) is 3.52. The molecule has 0 saturated carbocycles. The number of rotatable bonds is 3. The van der Waals surface area contributed by atoms with Crippen LogP contribution in [0.5, 0.6) is 0 Å². The molecule has 2 nitrogen and oxygen atoms in total. The fourth-order valence-electron chi connectivity index (χ4n) is 2.19. The number of hydrogen-bond donors (Lipinski definition) is 1. The molecular weight excluding hydrogens is 220 g/mol. The van der Waals surface area contributed by atoms with E-state index >= 15 is 0 Å². The van der Waals surface area contributed by atoms with Gasteiger partial charge in [0.2, 0.25) is 0 Å².